The van der Waals surface area contributed by atoms with Crippen LogP contribution in [0.25, 0.3) is 0 Å². The van der Waals surface area contributed by atoms with E-state index in [4.69, 9.17) is 24.0 Å². The number of rotatable bonds is 29. The fourth-order valence-electron chi connectivity index (χ4n) is 4.77. The Labute approximate surface area is 272 Å². The highest BCUT2D eigenvalue weighted by Crippen LogP contribution is 2.36. The molecule has 2 unspecified atom stereocenters. The van der Waals surface area contributed by atoms with E-state index in [0.717, 1.165) is 50.9 Å². The summed E-state index contributed by atoms with van der Waals surface area (Å²) >= 11 is 0. The molecule has 0 radical (unpaired) electrons. The number of hydrogen-bond donors (Lipinski definition) is 2. The average molecular weight is 657 g/mol. The molecule has 0 aromatic carbocycles. The second-order valence-corrected chi connectivity index (χ2v) is 13.6. The summed E-state index contributed by atoms with van der Waals surface area (Å²) in [4.78, 5) is 42.5. The number of carbonyl (C=O) groups excluding carboxylic acids is 2. The minimum absolute atomic E-state index is 0.127. The van der Waals surface area contributed by atoms with E-state index in [2.05, 4.69) is 55.7 Å². The van der Waals surface area contributed by atoms with Crippen LogP contribution in [0.5, 0.6) is 0 Å². The molecule has 10 heteroatoms. The molecule has 1 rings (SSSR count). The largest absolute Gasteiger partial charge is 0.469 e. The summed E-state index contributed by atoms with van der Waals surface area (Å²) < 4.78 is 31.9. The van der Waals surface area contributed by atoms with Gasteiger partial charge >= 0.3 is 19.8 Å². The zero-order chi connectivity index (χ0) is 33.2. The third kappa shape index (κ3) is 27.1. The summed E-state index contributed by atoms with van der Waals surface area (Å²) in [5.74, 6) is -0.237. The Hall–Kier alpha value is -1.77. The van der Waals surface area contributed by atoms with E-state index in [0.29, 0.717) is 19.3 Å². The fourth-order valence-corrected chi connectivity index (χ4v) is 5.13. The number of ether oxygens (including phenoxy) is 3. The number of phosphoric acid groups is 1. The van der Waals surface area contributed by atoms with Crippen molar-refractivity contribution in [2.75, 3.05) is 13.2 Å². The van der Waals surface area contributed by atoms with Gasteiger partial charge in [0, 0.05) is 12.8 Å². The molecule has 260 valence electrons. The molecule has 1 fully saturated rings. The van der Waals surface area contributed by atoms with Crippen molar-refractivity contribution in [3.8, 4) is 0 Å². The number of unbranched alkanes of at least 4 members (excludes halogenated alkanes) is 9. The molecule has 1 saturated heterocycles. The first kappa shape index (κ1) is 41.3. The smallest absolute Gasteiger partial charge is 0.462 e. The van der Waals surface area contributed by atoms with Gasteiger partial charge in [-0.25, -0.2) is 4.57 Å². The van der Waals surface area contributed by atoms with Gasteiger partial charge in [-0.3, -0.25) is 14.1 Å². The second-order valence-electron chi connectivity index (χ2n) is 12.4. The number of hydrogen-bond acceptors (Lipinski definition) is 7. The molecule has 0 amide bonds. The predicted octanol–water partition coefficient (Wildman–Crippen LogP) is 8.68. The molecule has 2 N–H and O–H groups in total. The summed E-state index contributed by atoms with van der Waals surface area (Å²) in [5, 5.41) is 0. The van der Waals surface area contributed by atoms with Crippen molar-refractivity contribution in [3.05, 3.63) is 36.5 Å². The molecular formula is C35H61O9P. The van der Waals surface area contributed by atoms with Gasteiger partial charge in [0.1, 0.15) is 6.61 Å². The second kappa shape index (κ2) is 26.3. The number of phosphoric ester groups is 1. The molecule has 0 spiro atoms. The third-order valence-corrected chi connectivity index (χ3v) is 7.98. The summed E-state index contributed by atoms with van der Waals surface area (Å²) in [5.41, 5.74) is 0. The highest BCUT2D eigenvalue weighted by molar-refractivity contribution is 7.46. The summed E-state index contributed by atoms with van der Waals surface area (Å²) in [6.45, 7) is 5.80. The van der Waals surface area contributed by atoms with E-state index in [9.17, 15) is 14.2 Å². The van der Waals surface area contributed by atoms with E-state index in [1.807, 2.05) is 6.08 Å². The van der Waals surface area contributed by atoms with Gasteiger partial charge in [-0.2, -0.15) is 0 Å². The van der Waals surface area contributed by atoms with Crippen molar-refractivity contribution in [2.45, 2.75) is 155 Å². The molecule has 0 aliphatic carbocycles. The lowest BCUT2D eigenvalue weighted by molar-refractivity contribution is -0.161. The van der Waals surface area contributed by atoms with Crippen molar-refractivity contribution >= 4 is 19.8 Å². The van der Waals surface area contributed by atoms with E-state index < -0.39 is 32.5 Å². The maximum absolute atomic E-state index is 12.3. The van der Waals surface area contributed by atoms with Crippen LogP contribution < -0.4 is 0 Å². The van der Waals surface area contributed by atoms with Crippen molar-refractivity contribution in [1.82, 2.24) is 0 Å². The molecule has 1 heterocycles. The van der Waals surface area contributed by atoms with E-state index in [1.165, 1.54) is 38.5 Å². The number of carbonyl (C=O) groups is 2. The minimum Gasteiger partial charge on any atom is -0.462 e. The van der Waals surface area contributed by atoms with Gasteiger partial charge in [-0.1, -0.05) is 109 Å². The van der Waals surface area contributed by atoms with Gasteiger partial charge in [-0.05, 0) is 57.3 Å². The van der Waals surface area contributed by atoms with Crippen molar-refractivity contribution in [3.63, 3.8) is 0 Å². The van der Waals surface area contributed by atoms with Crippen molar-refractivity contribution in [2.24, 2.45) is 5.92 Å². The lowest BCUT2D eigenvalue weighted by Crippen LogP contribution is -2.29. The molecule has 0 saturated carbocycles. The topological polar surface area (TPSA) is 132 Å². The summed E-state index contributed by atoms with van der Waals surface area (Å²) in [7, 11) is -4.76. The molecule has 1 aliphatic heterocycles. The molecule has 0 bridgehead atoms. The van der Waals surface area contributed by atoms with Crippen LogP contribution in [0.2, 0.25) is 0 Å². The lowest BCUT2D eigenvalue weighted by atomic mass is 10.0. The van der Waals surface area contributed by atoms with Crippen molar-refractivity contribution < 1.29 is 42.7 Å². The van der Waals surface area contributed by atoms with Crippen molar-refractivity contribution in [1.29, 1.82) is 0 Å². The van der Waals surface area contributed by atoms with Crippen LogP contribution in [-0.2, 0) is 32.9 Å². The zero-order valence-electron chi connectivity index (χ0n) is 28.1. The molecule has 45 heavy (non-hydrogen) atoms. The molecule has 0 aromatic heterocycles. The Morgan fingerprint density at radius 2 is 1.36 bits per heavy atom. The first-order chi connectivity index (χ1) is 21.6. The van der Waals surface area contributed by atoms with Crippen LogP contribution in [-0.4, -0.2) is 53.3 Å². The highest BCUT2D eigenvalue weighted by atomic mass is 31.2. The minimum atomic E-state index is -4.76. The SMILES string of the molecule is CCCCC/C=C\C/C=C\CC1OC1C/C=C\CCCC(=O)O[C@H](COC(=O)CCCCCCCCC(C)C)COP(=O)(O)O. The van der Waals surface area contributed by atoms with Gasteiger partial charge in [0.05, 0.1) is 18.8 Å². The number of allylic oxidation sites excluding steroid dienone is 4. The molecule has 3 atom stereocenters. The van der Waals surface area contributed by atoms with E-state index in [1.54, 1.807) is 0 Å². The quantitative estimate of drug-likeness (QED) is 0.0267. The molecule has 9 nitrogen and oxygen atoms in total. The number of esters is 2. The Morgan fingerprint density at radius 1 is 0.756 bits per heavy atom. The van der Waals surface area contributed by atoms with Crippen LogP contribution in [0.15, 0.2) is 36.5 Å². The monoisotopic (exact) mass is 656 g/mol. The molecule has 1 aliphatic rings. The Kier molecular flexibility index (Phi) is 24.1. The Morgan fingerprint density at radius 3 is 2.04 bits per heavy atom. The lowest BCUT2D eigenvalue weighted by Gasteiger charge is -2.18. The van der Waals surface area contributed by atoms with Gasteiger partial charge in [0.2, 0.25) is 0 Å². The van der Waals surface area contributed by atoms with Gasteiger partial charge in [0.25, 0.3) is 0 Å². The van der Waals surface area contributed by atoms with E-state index in [-0.39, 0.29) is 31.7 Å². The molecular weight excluding hydrogens is 595 g/mol. The van der Waals surface area contributed by atoms with Gasteiger partial charge in [-0.15, -0.1) is 0 Å². The first-order valence-corrected chi connectivity index (χ1v) is 18.8. The standard InChI is InChI=1S/C35H61O9P/c1-4-5-6-7-8-9-10-14-19-24-32-33(44-32)25-20-16-17-22-27-35(37)43-31(29-42-45(38,39)40)28-41-34(36)26-21-15-12-11-13-18-23-30(2)3/h8-9,14,16,19-20,30-33H,4-7,10-13,15,17-18,21-29H2,1-3H3,(H2,38,39,40)/b9-8-,19-14-,20-16-/t31-,32?,33?/m1/s1. The predicted molar refractivity (Wildman–Crippen MR) is 179 cm³/mol. The van der Waals surface area contributed by atoms with Crippen LogP contribution in [0.3, 0.4) is 0 Å². The summed E-state index contributed by atoms with van der Waals surface area (Å²) in [6.07, 6.45) is 29.3. The maximum atomic E-state index is 12.3. The highest BCUT2D eigenvalue weighted by Gasteiger charge is 2.36. The summed E-state index contributed by atoms with van der Waals surface area (Å²) in [6, 6.07) is 0. The van der Waals surface area contributed by atoms with Crippen LogP contribution in [0.1, 0.15) is 136 Å². The van der Waals surface area contributed by atoms with Crippen LogP contribution in [0.4, 0.5) is 0 Å². The molecule has 0 aromatic rings. The number of epoxide rings is 1. The van der Waals surface area contributed by atoms with Crippen LogP contribution in [0, 0.1) is 5.92 Å². The zero-order valence-corrected chi connectivity index (χ0v) is 29.0. The Bertz CT molecular complexity index is 909. The van der Waals surface area contributed by atoms with E-state index >= 15 is 0 Å². The fraction of sp³-hybridized carbons (Fsp3) is 0.771. The third-order valence-electron chi connectivity index (χ3n) is 7.49. The maximum Gasteiger partial charge on any atom is 0.469 e. The van der Waals surface area contributed by atoms with Gasteiger partial charge < -0.3 is 24.0 Å². The normalized spacial score (nSPS) is 17.6. The Balaban J connectivity index is 2.19. The average Bonchev–Trinajstić information content (AvgIpc) is 3.74. The van der Waals surface area contributed by atoms with Crippen LogP contribution >= 0.6 is 7.82 Å². The van der Waals surface area contributed by atoms with Gasteiger partial charge in [0.15, 0.2) is 6.10 Å². The first-order valence-electron chi connectivity index (χ1n) is 17.3.